The molecule has 2 heterocycles. The average molecular weight is 671 g/mol. The van der Waals surface area contributed by atoms with Crippen LogP contribution < -0.4 is 10.1 Å². The molecule has 1 aliphatic heterocycles. The molecule has 252 valence electrons. The predicted molar refractivity (Wildman–Crippen MR) is 169 cm³/mol. The number of carbonyl (C=O) groups is 4. The first-order valence-electron chi connectivity index (χ1n) is 15.2. The van der Waals surface area contributed by atoms with Crippen LogP contribution in [0.4, 0.5) is 5.82 Å². The zero-order valence-corrected chi connectivity index (χ0v) is 26.9. The minimum absolute atomic E-state index is 0.0463. The Morgan fingerprint density at radius 2 is 1.79 bits per heavy atom. The van der Waals surface area contributed by atoms with Gasteiger partial charge >= 0.3 is 11.9 Å². The van der Waals surface area contributed by atoms with E-state index in [4.69, 9.17) is 14.6 Å². The summed E-state index contributed by atoms with van der Waals surface area (Å²) in [6.07, 6.45) is 6.26. The van der Waals surface area contributed by atoms with Gasteiger partial charge in [-0.2, -0.15) is 8.42 Å². The second kappa shape index (κ2) is 15.7. The monoisotopic (exact) mass is 670 g/mol. The summed E-state index contributed by atoms with van der Waals surface area (Å²) in [6.45, 7) is 2.16. The van der Waals surface area contributed by atoms with E-state index in [9.17, 15) is 32.1 Å². The van der Waals surface area contributed by atoms with Gasteiger partial charge in [-0.05, 0) is 36.2 Å². The first-order chi connectivity index (χ1) is 22.4. The largest absolute Gasteiger partial charge is 0.488 e. The highest BCUT2D eigenvalue weighted by Crippen LogP contribution is 2.29. The Kier molecular flexibility index (Phi) is 11.7. The highest BCUT2D eigenvalue weighted by Gasteiger charge is 2.43. The molecule has 4 rings (SSSR count). The molecule has 1 fully saturated rings. The number of imidazole rings is 1. The number of methoxy groups -OCH3 is 1. The molecule has 1 unspecified atom stereocenters. The van der Waals surface area contributed by atoms with Gasteiger partial charge < -0.3 is 29.4 Å². The van der Waals surface area contributed by atoms with E-state index < -0.39 is 51.0 Å². The number of ether oxygens (including phenoxy) is 2. The van der Waals surface area contributed by atoms with Crippen LogP contribution in [-0.2, 0) is 35.7 Å². The molecule has 0 saturated carbocycles. The van der Waals surface area contributed by atoms with Crippen LogP contribution in [0.1, 0.15) is 67.4 Å². The Morgan fingerprint density at radius 1 is 1.06 bits per heavy atom. The van der Waals surface area contributed by atoms with Gasteiger partial charge in [-0.3, -0.25) is 18.9 Å². The molecule has 3 N–H and O–H groups in total. The molecule has 0 radical (unpaired) electrons. The summed E-state index contributed by atoms with van der Waals surface area (Å²) >= 11 is 0. The smallest absolute Gasteiger partial charge is 0.328 e. The van der Waals surface area contributed by atoms with Crippen molar-refractivity contribution in [1.82, 2.24) is 14.5 Å². The Morgan fingerprint density at radius 3 is 2.45 bits per heavy atom. The maximum Gasteiger partial charge on any atom is 0.328 e. The molecule has 3 aromatic rings. The summed E-state index contributed by atoms with van der Waals surface area (Å²) in [7, 11) is -3.42. The van der Waals surface area contributed by atoms with Gasteiger partial charge in [0.1, 0.15) is 28.8 Å². The van der Waals surface area contributed by atoms with E-state index in [0.29, 0.717) is 24.2 Å². The second-order valence-electron chi connectivity index (χ2n) is 11.2. The van der Waals surface area contributed by atoms with Gasteiger partial charge in [-0.1, -0.05) is 56.9 Å². The third-order valence-electron chi connectivity index (χ3n) is 7.83. The van der Waals surface area contributed by atoms with E-state index in [1.165, 1.54) is 42.7 Å². The fourth-order valence-corrected chi connectivity index (χ4v) is 6.22. The number of anilines is 1. The first kappa shape index (κ1) is 35.1. The number of esters is 1. The maximum atomic E-state index is 14.2. The van der Waals surface area contributed by atoms with Crippen LogP contribution in [0.25, 0.3) is 0 Å². The molecule has 0 aliphatic carbocycles. The number of carbonyl (C=O) groups excluding carboxylic acids is 3. The number of rotatable bonds is 15. The number of amides is 2. The SMILES string of the molecule is CCCCCC[C@H](C(=O)N1CC(Oc2ccc(CC(=O)O)cc2)C[C@H]1C(=O)OC)n1cnc(NC(=O)c2ccccc2S(=O)(=O)O)c1. The molecule has 2 aromatic carbocycles. The number of unbranched alkanes of at least 4 members (excludes halogenated alkanes) is 3. The minimum atomic E-state index is -4.67. The summed E-state index contributed by atoms with van der Waals surface area (Å²) in [6, 6.07) is 10.0. The van der Waals surface area contributed by atoms with Crippen LogP contribution in [0.3, 0.4) is 0 Å². The molecule has 1 saturated heterocycles. The Balaban J connectivity index is 1.55. The number of nitrogens with one attached hydrogen (secondary N) is 1. The fraction of sp³-hybridized carbons (Fsp3) is 0.406. The summed E-state index contributed by atoms with van der Waals surface area (Å²) in [5, 5.41) is 11.5. The van der Waals surface area contributed by atoms with Gasteiger partial charge in [0.25, 0.3) is 16.0 Å². The molecule has 0 bridgehead atoms. The Hall–Kier alpha value is -4.76. The lowest BCUT2D eigenvalue weighted by atomic mass is 10.1. The Labute approximate surface area is 272 Å². The number of nitrogens with zero attached hydrogens (tertiary/aromatic N) is 3. The molecule has 3 atom stereocenters. The van der Waals surface area contributed by atoms with Crippen molar-refractivity contribution in [3.63, 3.8) is 0 Å². The van der Waals surface area contributed by atoms with E-state index in [2.05, 4.69) is 17.2 Å². The number of benzene rings is 2. The van der Waals surface area contributed by atoms with Crippen molar-refractivity contribution < 1.29 is 46.7 Å². The number of likely N-dealkylation sites (tertiary alicyclic amines) is 1. The molecule has 47 heavy (non-hydrogen) atoms. The lowest BCUT2D eigenvalue weighted by Crippen LogP contribution is -2.44. The van der Waals surface area contributed by atoms with Crippen LogP contribution in [0.15, 0.2) is 66.0 Å². The summed E-state index contributed by atoms with van der Waals surface area (Å²) in [5.74, 6) is -2.23. The van der Waals surface area contributed by atoms with Gasteiger partial charge in [-0.25, -0.2) is 9.78 Å². The lowest BCUT2D eigenvalue weighted by molar-refractivity contribution is -0.152. The van der Waals surface area contributed by atoms with Crippen LogP contribution in [0, 0.1) is 0 Å². The quantitative estimate of drug-likeness (QED) is 0.121. The van der Waals surface area contributed by atoms with Crippen LogP contribution in [0.5, 0.6) is 5.75 Å². The van der Waals surface area contributed by atoms with Crippen molar-refractivity contribution in [3.8, 4) is 5.75 Å². The van der Waals surface area contributed by atoms with E-state index in [0.717, 1.165) is 25.3 Å². The minimum Gasteiger partial charge on any atom is -0.488 e. The number of hydrogen-bond acceptors (Lipinski definition) is 9. The normalized spacial score (nSPS) is 16.8. The molecule has 14 nitrogen and oxygen atoms in total. The molecule has 2 amide bonds. The predicted octanol–water partition coefficient (Wildman–Crippen LogP) is 3.74. The molecule has 0 spiro atoms. The van der Waals surface area contributed by atoms with Gasteiger partial charge in [0.05, 0.1) is 32.0 Å². The van der Waals surface area contributed by atoms with Crippen LogP contribution in [-0.4, -0.2) is 82.1 Å². The zero-order valence-electron chi connectivity index (χ0n) is 26.1. The fourth-order valence-electron chi connectivity index (χ4n) is 5.53. The highest BCUT2D eigenvalue weighted by atomic mass is 32.2. The van der Waals surface area contributed by atoms with Crippen molar-refractivity contribution in [2.75, 3.05) is 19.0 Å². The standard InChI is InChI=1S/C32H38N4O10S/c1-3-4-5-6-10-25(35-19-28(33-20-35)34-30(39)24-9-7-8-11-27(24)47(42,43)44)31(40)36-18-23(17-26(36)32(41)45-2)46-22-14-12-21(13-15-22)16-29(37)38/h7-9,11-15,19-20,23,25-26H,3-6,10,16-18H2,1-2H3,(H,34,39)(H,37,38)(H,42,43,44)/t23?,25-,26+/m1/s1. The molecule has 15 heteroatoms. The van der Waals surface area contributed by atoms with Crippen LogP contribution in [0.2, 0.25) is 0 Å². The topological polar surface area (TPSA) is 194 Å². The molecular formula is C32H38N4O10S. The third-order valence-corrected chi connectivity index (χ3v) is 8.74. The number of aliphatic carboxylic acids is 1. The zero-order chi connectivity index (χ0) is 34.1. The molecular weight excluding hydrogens is 632 g/mol. The average Bonchev–Trinajstić information content (AvgIpc) is 3.68. The van der Waals surface area contributed by atoms with Gasteiger partial charge in [0.15, 0.2) is 5.82 Å². The van der Waals surface area contributed by atoms with E-state index >= 15 is 0 Å². The molecule has 1 aliphatic rings. The van der Waals surface area contributed by atoms with E-state index in [-0.39, 0.29) is 36.7 Å². The van der Waals surface area contributed by atoms with E-state index in [1.54, 1.807) is 28.8 Å². The lowest BCUT2D eigenvalue weighted by Gasteiger charge is -2.28. The Bertz CT molecular complexity index is 1690. The maximum absolute atomic E-state index is 14.2. The summed E-state index contributed by atoms with van der Waals surface area (Å²) in [5.41, 5.74) is 0.322. The van der Waals surface area contributed by atoms with E-state index in [1.807, 2.05) is 0 Å². The number of carboxylic acid groups (broad SMARTS) is 1. The van der Waals surface area contributed by atoms with Crippen molar-refractivity contribution in [2.45, 2.75) is 75.0 Å². The van der Waals surface area contributed by atoms with Crippen molar-refractivity contribution in [1.29, 1.82) is 0 Å². The second-order valence-corrected chi connectivity index (χ2v) is 12.6. The molecule has 1 aromatic heterocycles. The summed E-state index contributed by atoms with van der Waals surface area (Å²) < 4.78 is 45.7. The third kappa shape index (κ3) is 9.16. The van der Waals surface area contributed by atoms with Crippen molar-refractivity contribution >= 4 is 39.7 Å². The summed E-state index contributed by atoms with van der Waals surface area (Å²) in [4.78, 5) is 56.0. The number of carboxylic acids is 1. The van der Waals surface area contributed by atoms with Gasteiger partial charge in [0, 0.05) is 12.6 Å². The van der Waals surface area contributed by atoms with Crippen molar-refractivity contribution in [3.05, 3.63) is 72.2 Å². The number of aromatic nitrogens is 2. The number of hydrogen-bond donors (Lipinski definition) is 3. The van der Waals surface area contributed by atoms with Gasteiger partial charge in [-0.15, -0.1) is 0 Å². The highest BCUT2D eigenvalue weighted by molar-refractivity contribution is 7.86. The van der Waals surface area contributed by atoms with Crippen molar-refractivity contribution in [2.24, 2.45) is 0 Å². The van der Waals surface area contributed by atoms with Crippen LogP contribution >= 0.6 is 0 Å². The first-order valence-corrected chi connectivity index (χ1v) is 16.6. The van der Waals surface area contributed by atoms with Gasteiger partial charge in [0.2, 0.25) is 5.91 Å².